The maximum atomic E-state index is 10.3. The minimum absolute atomic E-state index is 0.440. The summed E-state index contributed by atoms with van der Waals surface area (Å²) in [6.45, 7) is 2.84. The van der Waals surface area contributed by atoms with Gasteiger partial charge in [0.25, 0.3) is 0 Å². The van der Waals surface area contributed by atoms with E-state index in [-0.39, 0.29) is 0 Å². The van der Waals surface area contributed by atoms with Crippen molar-refractivity contribution in [3.05, 3.63) is 51.8 Å². The van der Waals surface area contributed by atoms with Crippen LogP contribution in [0.5, 0.6) is 0 Å². The lowest BCUT2D eigenvalue weighted by molar-refractivity contribution is 0.207. The van der Waals surface area contributed by atoms with Gasteiger partial charge in [0.1, 0.15) is 6.10 Å². The third-order valence-electron chi connectivity index (χ3n) is 2.72. The molecule has 1 aromatic carbocycles. The standard InChI is InChI=1S/C13H14Cl2N2O/c1-2-7-17-12(5-6-16-17)13(18)9-3-4-10(14)11(15)8-9/h3-6,8,13,18H,2,7H2,1H3. The maximum absolute atomic E-state index is 10.3. The summed E-state index contributed by atoms with van der Waals surface area (Å²) in [5.74, 6) is 0. The molecule has 3 nitrogen and oxygen atoms in total. The summed E-state index contributed by atoms with van der Waals surface area (Å²) in [5, 5.41) is 15.5. The average Bonchev–Trinajstić information content (AvgIpc) is 2.80. The third-order valence-corrected chi connectivity index (χ3v) is 3.46. The number of hydrogen-bond donors (Lipinski definition) is 1. The van der Waals surface area contributed by atoms with Gasteiger partial charge < -0.3 is 5.11 Å². The molecule has 0 saturated carbocycles. The lowest BCUT2D eigenvalue weighted by Gasteiger charge is -2.14. The highest BCUT2D eigenvalue weighted by Crippen LogP contribution is 2.28. The SMILES string of the molecule is CCCn1nccc1C(O)c1ccc(Cl)c(Cl)c1. The summed E-state index contributed by atoms with van der Waals surface area (Å²) in [5.41, 5.74) is 1.47. The van der Waals surface area contributed by atoms with Crippen molar-refractivity contribution in [1.82, 2.24) is 9.78 Å². The largest absolute Gasteiger partial charge is 0.382 e. The summed E-state index contributed by atoms with van der Waals surface area (Å²) in [4.78, 5) is 0. The molecule has 0 radical (unpaired) electrons. The maximum Gasteiger partial charge on any atom is 0.121 e. The first-order chi connectivity index (χ1) is 8.63. The molecule has 1 N–H and O–H groups in total. The molecular weight excluding hydrogens is 271 g/mol. The molecule has 96 valence electrons. The molecule has 0 fully saturated rings. The summed E-state index contributed by atoms with van der Waals surface area (Å²) in [6.07, 6.45) is 1.91. The lowest BCUT2D eigenvalue weighted by Crippen LogP contribution is -2.10. The van der Waals surface area contributed by atoms with Gasteiger partial charge in [-0.25, -0.2) is 0 Å². The second-order valence-corrected chi connectivity index (χ2v) is 4.87. The van der Waals surface area contributed by atoms with E-state index in [0.717, 1.165) is 18.7 Å². The van der Waals surface area contributed by atoms with Crippen LogP contribution in [-0.2, 0) is 6.54 Å². The van der Waals surface area contributed by atoms with Crippen molar-refractivity contribution in [2.45, 2.75) is 26.0 Å². The fourth-order valence-corrected chi connectivity index (χ4v) is 2.13. The first kappa shape index (κ1) is 13.4. The predicted molar refractivity (Wildman–Crippen MR) is 73.0 cm³/mol. The van der Waals surface area contributed by atoms with Gasteiger partial charge in [-0.1, -0.05) is 36.2 Å². The molecule has 0 amide bonds. The Morgan fingerprint density at radius 1 is 1.28 bits per heavy atom. The second kappa shape index (κ2) is 5.74. The number of aliphatic hydroxyl groups is 1. The van der Waals surface area contributed by atoms with Crippen molar-refractivity contribution in [3.63, 3.8) is 0 Å². The quantitative estimate of drug-likeness (QED) is 0.930. The Labute approximate surface area is 116 Å². The molecule has 0 saturated heterocycles. The number of benzene rings is 1. The van der Waals surface area contributed by atoms with Gasteiger partial charge in [-0.2, -0.15) is 5.10 Å². The topological polar surface area (TPSA) is 38.0 Å². The summed E-state index contributed by atoms with van der Waals surface area (Å²) >= 11 is 11.8. The molecular formula is C13H14Cl2N2O. The molecule has 2 aromatic rings. The van der Waals surface area contributed by atoms with Crippen molar-refractivity contribution >= 4 is 23.2 Å². The van der Waals surface area contributed by atoms with Gasteiger partial charge in [0.2, 0.25) is 0 Å². The van der Waals surface area contributed by atoms with E-state index in [2.05, 4.69) is 12.0 Å². The number of hydrogen-bond acceptors (Lipinski definition) is 2. The van der Waals surface area contributed by atoms with E-state index >= 15 is 0 Å². The Morgan fingerprint density at radius 3 is 2.72 bits per heavy atom. The van der Waals surface area contributed by atoms with Crippen molar-refractivity contribution in [2.75, 3.05) is 0 Å². The Bertz CT molecular complexity index is 540. The van der Waals surface area contributed by atoms with Gasteiger partial charge in [-0.15, -0.1) is 0 Å². The molecule has 1 aromatic heterocycles. The van der Waals surface area contributed by atoms with Crippen LogP contribution in [0.15, 0.2) is 30.5 Å². The van der Waals surface area contributed by atoms with E-state index in [0.29, 0.717) is 15.6 Å². The van der Waals surface area contributed by atoms with Crippen LogP contribution in [0.25, 0.3) is 0 Å². The smallest absolute Gasteiger partial charge is 0.121 e. The number of halogens is 2. The number of aromatic nitrogens is 2. The normalized spacial score (nSPS) is 12.7. The molecule has 0 bridgehead atoms. The lowest BCUT2D eigenvalue weighted by atomic mass is 10.1. The summed E-state index contributed by atoms with van der Waals surface area (Å²) in [7, 11) is 0. The van der Waals surface area contributed by atoms with Crippen molar-refractivity contribution in [1.29, 1.82) is 0 Å². The van der Waals surface area contributed by atoms with Crippen LogP contribution in [0.2, 0.25) is 10.0 Å². The van der Waals surface area contributed by atoms with Crippen molar-refractivity contribution in [3.8, 4) is 0 Å². The van der Waals surface area contributed by atoms with E-state index in [4.69, 9.17) is 23.2 Å². The van der Waals surface area contributed by atoms with E-state index in [9.17, 15) is 5.11 Å². The fraction of sp³-hybridized carbons (Fsp3) is 0.308. The van der Waals surface area contributed by atoms with Crippen LogP contribution >= 0.6 is 23.2 Å². The molecule has 2 rings (SSSR count). The van der Waals surface area contributed by atoms with Crippen LogP contribution in [0, 0.1) is 0 Å². The third kappa shape index (κ3) is 2.69. The molecule has 0 aliphatic carbocycles. The highest BCUT2D eigenvalue weighted by molar-refractivity contribution is 6.42. The van der Waals surface area contributed by atoms with Crippen LogP contribution in [0.1, 0.15) is 30.7 Å². The Balaban J connectivity index is 2.32. The molecule has 18 heavy (non-hydrogen) atoms. The van der Waals surface area contributed by atoms with Gasteiger partial charge >= 0.3 is 0 Å². The molecule has 0 aliphatic heterocycles. The molecule has 0 spiro atoms. The molecule has 1 unspecified atom stereocenters. The van der Waals surface area contributed by atoms with Crippen LogP contribution in [0.3, 0.4) is 0 Å². The average molecular weight is 285 g/mol. The van der Waals surface area contributed by atoms with Gasteiger partial charge in [0.05, 0.1) is 15.7 Å². The number of rotatable bonds is 4. The van der Waals surface area contributed by atoms with Crippen molar-refractivity contribution in [2.24, 2.45) is 0 Å². The van der Waals surface area contributed by atoms with Gasteiger partial charge in [-0.05, 0) is 30.2 Å². The zero-order valence-corrected chi connectivity index (χ0v) is 11.5. The van der Waals surface area contributed by atoms with E-state index in [1.807, 2.05) is 6.07 Å². The van der Waals surface area contributed by atoms with Crippen LogP contribution in [0.4, 0.5) is 0 Å². The van der Waals surface area contributed by atoms with Gasteiger partial charge in [0.15, 0.2) is 0 Å². The number of aliphatic hydroxyl groups excluding tert-OH is 1. The predicted octanol–water partition coefficient (Wildman–Crippen LogP) is 3.68. The minimum atomic E-state index is -0.742. The van der Waals surface area contributed by atoms with E-state index in [1.54, 1.807) is 29.1 Å². The highest BCUT2D eigenvalue weighted by Gasteiger charge is 2.16. The van der Waals surface area contributed by atoms with Gasteiger partial charge in [0, 0.05) is 12.7 Å². The second-order valence-electron chi connectivity index (χ2n) is 4.06. The zero-order valence-electron chi connectivity index (χ0n) is 9.98. The summed E-state index contributed by atoms with van der Waals surface area (Å²) in [6, 6.07) is 6.94. The molecule has 0 aliphatic rings. The Morgan fingerprint density at radius 2 is 2.06 bits per heavy atom. The molecule has 1 heterocycles. The number of nitrogens with zero attached hydrogens (tertiary/aromatic N) is 2. The first-order valence-electron chi connectivity index (χ1n) is 5.78. The number of aryl methyl sites for hydroxylation is 1. The molecule has 5 heteroatoms. The zero-order chi connectivity index (χ0) is 13.1. The Kier molecular flexibility index (Phi) is 4.27. The summed E-state index contributed by atoms with van der Waals surface area (Å²) < 4.78 is 1.80. The monoisotopic (exact) mass is 284 g/mol. The van der Waals surface area contributed by atoms with Gasteiger partial charge in [-0.3, -0.25) is 4.68 Å². The fourth-order valence-electron chi connectivity index (χ4n) is 1.83. The van der Waals surface area contributed by atoms with E-state index < -0.39 is 6.10 Å². The Hall–Kier alpha value is -1.03. The van der Waals surface area contributed by atoms with Crippen LogP contribution in [-0.4, -0.2) is 14.9 Å². The first-order valence-corrected chi connectivity index (χ1v) is 6.53. The van der Waals surface area contributed by atoms with Crippen molar-refractivity contribution < 1.29 is 5.11 Å². The highest BCUT2D eigenvalue weighted by atomic mass is 35.5. The van der Waals surface area contributed by atoms with E-state index in [1.165, 1.54) is 0 Å². The van der Waals surface area contributed by atoms with Crippen LogP contribution < -0.4 is 0 Å². The minimum Gasteiger partial charge on any atom is -0.382 e. The molecule has 1 atom stereocenters.